The minimum absolute atomic E-state index is 1.33. The van der Waals surface area contributed by atoms with Gasteiger partial charge >= 0.3 is 198 Å². The third-order valence-electron chi connectivity index (χ3n) is 7.28. The van der Waals surface area contributed by atoms with E-state index in [4.69, 9.17) is 11.2 Å². The van der Waals surface area contributed by atoms with Gasteiger partial charge < -0.3 is 0 Å². The Morgan fingerprint density at radius 3 is 0.833 bits per heavy atom. The van der Waals surface area contributed by atoms with Crippen molar-refractivity contribution >= 4 is 17.2 Å². The van der Waals surface area contributed by atoms with E-state index in [0.29, 0.717) is 0 Å². The number of unbranched alkanes of at least 4 members (excludes halogenated alkanes) is 16. The van der Waals surface area contributed by atoms with Gasteiger partial charge in [-0.25, -0.2) is 0 Å². The van der Waals surface area contributed by atoms with Crippen LogP contribution in [0.5, 0.6) is 0 Å². The topological polar surface area (TPSA) is 0 Å². The van der Waals surface area contributed by atoms with Crippen molar-refractivity contribution < 1.29 is 0 Å². The first-order valence-corrected chi connectivity index (χ1v) is 18.1. The van der Waals surface area contributed by atoms with Gasteiger partial charge in [-0.3, -0.25) is 0 Å². The molecule has 0 saturated heterocycles. The molecule has 0 saturated carbocycles. The maximum absolute atomic E-state index is 7.92. The van der Waals surface area contributed by atoms with E-state index in [2.05, 4.69) is 27.7 Å². The summed E-state index contributed by atoms with van der Waals surface area (Å²) in [6, 6.07) is 0. The number of hydrogen-bond donors (Lipinski definition) is 0. The zero-order valence-electron chi connectivity index (χ0n) is 21.8. The fraction of sp³-hybridized carbons (Fsp3) is 1.00. The predicted octanol–water partition coefficient (Wildman–Crippen LogP) is 11.6. The quantitative estimate of drug-likeness (QED) is 0.0987. The monoisotopic (exact) mass is 462 g/mol. The van der Waals surface area contributed by atoms with E-state index < -0.39 is 5.96 Å². The Labute approximate surface area is 197 Å². The van der Waals surface area contributed by atoms with Crippen molar-refractivity contribution in [3.63, 3.8) is 0 Å². The van der Waals surface area contributed by atoms with Crippen molar-refractivity contribution in [1.29, 1.82) is 0 Å². The minimum atomic E-state index is -2.04. The first-order chi connectivity index (χ1) is 14.5. The van der Waals surface area contributed by atoms with Gasteiger partial charge in [0, 0.05) is 0 Å². The van der Waals surface area contributed by atoms with Crippen LogP contribution >= 0.6 is 17.2 Å². The van der Waals surface area contributed by atoms with Gasteiger partial charge in [-0.2, -0.15) is 0 Å². The first-order valence-electron chi connectivity index (χ1n) is 14.3. The third kappa shape index (κ3) is 16.4. The summed E-state index contributed by atoms with van der Waals surface area (Å²) >= 11 is 7.92. The Kier molecular flexibility index (Phi) is 20.8. The van der Waals surface area contributed by atoms with Crippen molar-refractivity contribution in [2.75, 3.05) is 24.6 Å². The van der Waals surface area contributed by atoms with Crippen molar-refractivity contribution in [1.82, 2.24) is 0 Å². The molecule has 0 aliphatic heterocycles. The van der Waals surface area contributed by atoms with Gasteiger partial charge in [0.1, 0.15) is 0 Å². The fourth-order valence-electron chi connectivity index (χ4n) is 5.11. The molecule has 0 nitrogen and oxygen atoms in total. The van der Waals surface area contributed by atoms with Crippen LogP contribution in [-0.2, 0) is 0 Å². The Bertz CT molecular complexity index is 323. The molecule has 184 valence electrons. The molecule has 2 heteroatoms. The molecule has 0 aliphatic rings. The van der Waals surface area contributed by atoms with E-state index in [-0.39, 0.29) is 0 Å². The van der Waals surface area contributed by atoms with Crippen molar-refractivity contribution in [3.05, 3.63) is 0 Å². The van der Waals surface area contributed by atoms with Gasteiger partial charge in [0.05, 0.1) is 0 Å². The second kappa shape index (κ2) is 20.3. The molecule has 0 N–H and O–H groups in total. The number of halogens is 1. The van der Waals surface area contributed by atoms with Gasteiger partial charge in [0.25, 0.3) is 0 Å². The van der Waals surface area contributed by atoms with E-state index >= 15 is 0 Å². The Hall–Kier alpha value is 0.720. The molecule has 30 heavy (non-hydrogen) atoms. The summed E-state index contributed by atoms with van der Waals surface area (Å²) in [6.45, 7) is 9.31. The summed E-state index contributed by atoms with van der Waals surface area (Å²) in [5, 5.41) is 0. The van der Waals surface area contributed by atoms with Gasteiger partial charge in [-0.15, -0.1) is 0 Å². The number of rotatable bonds is 24. The Morgan fingerprint density at radius 2 is 0.533 bits per heavy atom. The summed E-state index contributed by atoms with van der Waals surface area (Å²) in [7, 11) is 0. The Balaban J connectivity index is 4.76. The molecule has 0 aromatic carbocycles. The molecule has 0 fully saturated rings. The normalized spacial score (nSPS) is 13.4. The van der Waals surface area contributed by atoms with E-state index in [1.165, 1.54) is 153 Å². The van der Waals surface area contributed by atoms with Crippen LogP contribution in [0.2, 0.25) is 0 Å². The second-order valence-electron chi connectivity index (χ2n) is 10.4. The van der Waals surface area contributed by atoms with Crippen molar-refractivity contribution in [3.8, 4) is 0 Å². The van der Waals surface area contributed by atoms with Crippen LogP contribution in [0.3, 0.4) is 0 Å². The molecule has 0 spiro atoms. The molecular formula is C28H60ClP. The van der Waals surface area contributed by atoms with Gasteiger partial charge in [0.2, 0.25) is 0 Å². The SMILES string of the molecule is CCCCCCCCCP(Cl)(CCCCC)(CCCCC)CCCCCCCCC. The average Bonchev–Trinajstić information content (AvgIpc) is 2.73. The third-order valence-corrected chi connectivity index (χ3v) is 15.0. The molecule has 0 radical (unpaired) electrons. The molecule has 0 aromatic heterocycles. The molecule has 0 aliphatic carbocycles. The molecular weight excluding hydrogens is 403 g/mol. The maximum atomic E-state index is 7.92. The molecule has 0 aromatic rings. The van der Waals surface area contributed by atoms with Crippen LogP contribution in [0.4, 0.5) is 0 Å². The summed E-state index contributed by atoms with van der Waals surface area (Å²) in [5.41, 5.74) is 0. The first kappa shape index (κ1) is 30.7. The summed E-state index contributed by atoms with van der Waals surface area (Å²) in [5.74, 6) is -2.04. The van der Waals surface area contributed by atoms with Gasteiger partial charge in [0.15, 0.2) is 0 Å². The molecule has 0 amide bonds. The van der Waals surface area contributed by atoms with Crippen LogP contribution in [0.25, 0.3) is 0 Å². The molecule has 0 rings (SSSR count). The molecule has 0 bridgehead atoms. The van der Waals surface area contributed by atoms with Crippen molar-refractivity contribution in [2.24, 2.45) is 0 Å². The van der Waals surface area contributed by atoms with Crippen molar-refractivity contribution in [2.45, 2.75) is 156 Å². The van der Waals surface area contributed by atoms with Gasteiger partial charge in [-0.1, -0.05) is 0 Å². The predicted molar refractivity (Wildman–Crippen MR) is 147 cm³/mol. The fourth-order valence-corrected chi connectivity index (χ4v) is 11.9. The Morgan fingerprint density at radius 1 is 0.333 bits per heavy atom. The second-order valence-corrected chi connectivity index (χ2v) is 18.7. The van der Waals surface area contributed by atoms with Crippen LogP contribution in [-0.4, -0.2) is 24.6 Å². The molecule has 0 unspecified atom stereocenters. The van der Waals surface area contributed by atoms with Crippen LogP contribution < -0.4 is 0 Å². The summed E-state index contributed by atoms with van der Waals surface area (Å²) in [6.07, 6.45) is 33.6. The zero-order chi connectivity index (χ0) is 22.4. The average molecular weight is 463 g/mol. The summed E-state index contributed by atoms with van der Waals surface area (Å²) in [4.78, 5) is 0. The van der Waals surface area contributed by atoms with E-state index in [9.17, 15) is 0 Å². The van der Waals surface area contributed by atoms with E-state index in [0.717, 1.165) is 0 Å². The van der Waals surface area contributed by atoms with E-state index in [1.807, 2.05) is 0 Å². The van der Waals surface area contributed by atoms with Gasteiger partial charge in [-0.05, 0) is 0 Å². The standard InChI is InChI=1S/C28H60ClP/c1-5-9-13-15-17-19-23-27-30(29,25-21-11-7-3,26-22-12-8-4)28-24-20-18-16-14-10-6-2/h5-28H2,1-4H3. The molecule has 0 heterocycles. The molecule has 0 atom stereocenters. The van der Waals surface area contributed by atoms with E-state index in [1.54, 1.807) is 0 Å². The van der Waals surface area contributed by atoms with Crippen LogP contribution in [0.1, 0.15) is 156 Å². The zero-order valence-corrected chi connectivity index (χ0v) is 23.4. The van der Waals surface area contributed by atoms with Crippen LogP contribution in [0, 0.1) is 0 Å². The number of hydrogen-bond acceptors (Lipinski definition) is 0. The van der Waals surface area contributed by atoms with Crippen LogP contribution in [0.15, 0.2) is 0 Å². The summed E-state index contributed by atoms with van der Waals surface area (Å²) < 4.78 is 0.